The van der Waals surface area contributed by atoms with Gasteiger partial charge in [-0.1, -0.05) is 11.6 Å². The van der Waals surface area contributed by atoms with Gasteiger partial charge < -0.3 is 10.2 Å². The number of hydrogen-bond donors (Lipinski definition) is 2. The number of fused-ring (bicyclic) bond motifs is 1. The van der Waals surface area contributed by atoms with Crippen LogP contribution in [0.4, 0.5) is 5.69 Å². The Bertz CT molecular complexity index is 726. The zero-order chi connectivity index (χ0) is 16.6. The summed E-state index contributed by atoms with van der Waals surface area (Å²) in [4.78, 5) is 16.3. The number of piperazine rings is 1. The van der Waals surface area contributed by atoms with E-state index in [0.717, 1.165) is 36.2 Å². The number of halogens is 1. The van der Waals surface area contributed by atoms with E-state index in [1.54, 1.807) is 7.05 Å². The van der Waals surface area contributed by atoms with Crippen LogP contribution in [0.5, 0.6) is 0 Å². The number of anilines is 1. The Balaban J connectivity index is 1.86. The molecule has 6 nitrogen and oxygen atoms in total. The number of hydrogen-bond acceptors (Lipinski definition) is 4. The number of aromatic amines is 1. The molecule has 0 unspecified atom stereocenters. The summed E-state index contributed by atoms with van der Waals surface area (Å²) < 4.78 is 0. The van der Waals surface area contributed by atoms with Gasteiger partial charge in [0.2, 0.25) is 5.91 Å². The lowest BCUT2D eigenvalue weighted by Gasteiger charge is -2.47. The molecule has 2 N–H and O–H groups in total. The number of amides is 1. The van der Waals surface area contributed by atoms with Crippen LogP contribution in [0.15, 0.2) is 18.3 Å². The average molecular weight is 336 g/mol. The minimum absolute atomic E-state index is 0.0477. The molecule has 1 aromatic carbocycles. The molecule has 23 heavy (non-hydrogen) atoms. The van der Waals surface area contributed by atoms with E-state index in [2.05, 4.69) is 39.2 Å². The molecule has 0 radical (unpaired) electrons. The number of aromatic nitrogens is 2. The molecule has 1 amide bonds. The summed E-state index contributed by atoms with van der Waals surface area (Å²) in [5.74, 6) is 0.0477. The van der Waals surface area contributed by atoms with E-state index >= 15 is 0 Å². The maximum absolute atomic E-state index is 11.7. The van der Waals surface area contributed by atoms with Gasteiger partial charge in [0.25, 0.3) is 0 Å². The van der Waals surface area contributed by atoms with Crippen molar-refractivity contribution in [1.82, 2.24) is 20.4 Å². The quantitative estimate of drug-likeness (QED) is 0.898. The van der Waals surface area contributed by atoms with Crippen LogP contribution in [-0.2, 0) is 4.79 Å². The number of carbonyl (C=O) groups is 1. The van der Waals surface area contributed by atoms with Gasteiger partial charge >= 0.3 is 0 Å². The van der Waals surface area contributed by atoms with Crippen molar-refractivity contribution in [2.75, 3.05) is 38.1 Å². The van der Waals surface area contributed by atoms with Crippen molar-refractivity contribution in [2.45, 2.75) is 19.4 Å². The van der Waals surface area contributed by atoms with Gasteiger partial charge in [0.15, 0.2) is 0 Å². The predicted octanol–water partition coefficient (Wildman–Crippen LogP) is 1.86. The molecule has 1 aliphatic heterocycles. The molecule has 3 rings (SSSR count). The summed E-state index contributed by atoms with van der Waals surface area (Å²) in [7, 11) is 1.67. The monoisotopic (exact) mass is 335 g/mol. The summed E-state index contributed by atoms with van der Waals surface area (Å²) in [5.41, 5.74) is 1.93. The Kier molecular flexibility index (Phi) is 4.21. The molecule has 2 heterocycles. The SMILES string of the molecule is CNC(=O)CN1CCN(c2cc(Cl)cc3[nH]ncc23)CC1(C)C. The minimum Gasteiger partial charge on any atom is -0.368 e. The van der Waals surface area contributed by atoms with Gasteiger partial charge in [-0.05, 0) is 26.0 Å². The van der Waals surface area contributed by atoms with E-state index in [1.807, 2.05) is 18.3 Å². The average Bonchev–Trinajstić information content (AvgIpc) is 2.96. The first-order chi connectivity index (χ1) is 10.9. The number of nitrogens with one attached hydrogen (secondary N) is 2. The topological polar surface area (TPSA) is 64.3 Å². The van der Waals surface area contributed by atoms with E-state index in [-0.39, 0.29) is 11.4 Å². The largest absolute Gasteiger partial charge is 0.368 e. The maximum Gasteiger partial charge on any atom is 0.233 e. The fraction of sp³-hybridized carbons (Fsp3) is 0.500. The first-order valence-corrected chi connectivity index (χ1v) is 8.12. The van der Waals surface area contributed by atoms with Crippen molar-refractivity contribution in [3.05, 3.63) is 23.4 Å². The minimum atomic E-state index is -0.108. The number of nitrogens with zero attached hydrogens (tertiary/aromatic N) is 3. The molecule has 2 aromatic rings. The van der Waals surface area contributed by atoms with Gasteiger partial charge in [-0.3, -0.25) is 14.8 Å². The van der Waals surface area contributed by atoms with E-state index in [1.165, 1.54) is 0 Å². The first kappa shape index (κ1) is 16.1. The Morgan fingerprint density at radius 2 is 2.22 bits per heavy atom. The zero-order valence-electron chi connectivity index (χ0n) is 13.7. The third-order valence-electron chi connectivity index (χ3n) is 4.53. The van der Waals surface area contributed by atoms with Crippen LogP contribution >= 0.6 is 11.6 Å². The van der Waals surface area contributed by atoms with Crippen LogP contribution in [0.3, 0.4) is 0 Å². The molecule has 0 bridgehead atoms. The number of benzene rings is 1. The van der Waals surface area contributed by atoms with Crippen LogP contribution in [0.1, 0.15) is 13.8 Å². The molecular formula is C16H22ClN5O. The number of carbonyl (C=O) groups excluding carboxylic acids is 1. The van der Waals surface area contributed by atoms with Gasteiger partial charge in [0.1, 0.15) is 0 Å². The van der Waals surface area contributed by atoms with E-state index in [9.17, 15) is 4.79 Å². The molecule has 0 atom stereocenters. The summed E-state index contributed by atoms with van der Waals surface area (Å²) in [6.07, 6.45) is 1.84. The normalized spacial score (nSPS) is 18.3. The second-order valence-corrected chi connectivity index (χ2v) is 7.02. The highest BCUT2D eigenvalue weighted by Gasteiger charge is 2.35. The van der Waals surface area contributed by atoms with Crippen molar-refractivity contribution in [3.8, 4) is 0 Å². The molecule has 1 saturated heterocycles. The first-order valence-electron chi connectivity index (χ1n) is 7.74. The number of likely N-dealkylation sites (N-methyl/N-ethyl adjacent to an activating group) is 1. The molecule has 124 valence electrons. The summed E-state index contributed by atoms with van der Waals surface area (Å²) in [6.45, 7) is 7.25. The molecule has 0 aliphatic carbocycles. The van der Waals surface area contributed by atoms with E-state index in [0.29, 0.717) is 11.6 Å². The van der Waals surface area contributed by atoms with Crippen LogP contribution in [0.25, 0.3) is 10.9 Å². The third kappa shape index (κ3) is 3.14. The van der Waals surface area contributed by atoms with Crippen molar-refractivity contribution >= 4 is 34.1 Å². The Labute approximate surface area is 140 Å². The molecule has 1 aliphatic rings. The third-order valence-corrected chi connectivity index (χ3v) is 4.75. The van der Waals surface area contributed by atoms with Gasteiger partial charge in [-0.25, -0.2) is 0 Å². The summed E-state index contributed by atoms with van der Waals surface area (Å²) in [5, 5.41) is 11.6. The molecule has 7 heteroatoms. The van der Waals surface area contributed by atoms with Crippen molar-refractivity contribution in [2.24, 2.45) is 0 Å². The second kappa shape index (κ2) is 6.02. The van der Waals surface area contributed by atoms with Crippen molar-refractivity contribution in [1.29, 1.82) is 0 Å². The van der Waals surface area contributed by atoms with E-state index in [4.69, 9.17) is 11.6 Å². The van der Waals surface area contributed by atoms with Crippen LogP contribution < -0.4 is 10.2 Å². The molecule has 0 spiro atoms. The number of H-pyrrole nitrogens is 1. The summed E-state index contributed by atoms with van der Waals surface area (Å²) >= 11 is 6.25. The zero-order valence-corrected chi connectivity index (χ0v) is 14.4. The molecule has 1 aromatic heterocycles. The fourth-order valence-corrected chi connectivity index (χ4v) is 3.41. The Morgan fingerprint density at radius 1 is 1.43 bits per heavy atom. The maximum atomic E-state index is 11.7. The lowest BCUT2D eigenvalue weighted by atomic mass is 9.97. The van der Waals surface area contributed by atoms with E-state index < -0.39 is 0 Å². The fourth-order valence-electron chi connectivity index (χ4n) is 3.20. The van der Waals surface area contributed by atoms with Crippen molar-refractivity contribution in [3.63, 3.8) is 0 Å². The highest BCUT2D eigenvalue weighted by Crippen LogP contribution is 2.33. The standard InChI is InChI=1S/C16H22ClN5O/c1-16(2)10-21(4-5-22(16)9-15(23)18-3)14-7-11(17)6-13-12(14)8-19-20-13/h6-8H,4-5,9-10H2,1-3H3,(H,18,23)(H,19,20). The van der Waals surface area contributed by atoms with Crippen molar-refractivity contribution < 1.29 is 4.79 Å². The highest BCUT2D eigenvalue weighted by atomic mass is 35.5. The van der Waals surface area contributed by atoms with Gasteiger partial charge in [0, 0.05) is 48.3 Å². The summed E-state index contributed by atoms with van der Waals surface area (Å²) in [6, 6.07) is 3.88. The lowest BCUT2D eigenvalue weighted by molar-refractivity contribution is -0.123. The Morgan fingerprint density at radius 3 is 2.91 bits per heavy atom. The Hall–Kier alpha value is -1.79. The second-order valence-electron chi connectivity index (χ2n) is 6.58. The predicted molar refractivity (Wildman–Crippen MR) is 93.0 cm³/mol. The number of rotatable bonds is 3. The van der Waals surface area contributed by atoms with Crippen LogP contribution in [0.2, 0.25) is 5.02 Å². The molecule has 1 fully saturated rings. The lowest BCUT2D eigenvalue weighted by Crippen LogP contribution is -2.61. The van der Waals surface area contributed by atoms with Gasteiger partial charge in [-0.2, -0.15) is 5.10 Å². The highest BCUT2D eigenvalue weighted by molar-refractivity contribution is 6.31. The van der Waals surface area contributed by atoms with Gasteiger partial charge in [-0.15, -0.1) is 0 Å². The van der Waals surface area contributed by atoms with Gasteiger partial charge in [0.05, 0.1) is 18.3 Å². The van der Waals surface area contributed by atoms with Crippen LogP contribution in [0, 0.1) is 0 Å². The van der Waals surface area contributed by atoms with Crippen LogP contribution in [-0.4, -0.2) is 59.8 Å². The smallest absolute Gasteiger partial charge is 0.233 e. The molecular weight excluding hydrogens is 314 g/mol. The molecule has 0 saturated carbocycles.